The molecule has 0 spiro atoms. The van der Waals surface area contributed by atoms with Crippen molar-refractivity contribution in [2.24, 2.45) is 5.73 Å². The lowest BCUT2D eigenvalue weighted by Gasteiger charge is -2.06. The van der Waals surface area contributed by atoms with Gasteiger partial charge in [0.05, 0.1) is 5.69 Å². The fraction of sp³-hybridized carbons (Fsp3) is 0.438. The average molecular weight is 257 g/mol. The van der Waals surface area contributed by atoms with E-state index in [1.54, 1.807) is 0 Å². The number of rotatable bonds is 4. The van der Waals surface area contributed by atoms with Crippen molar-refractivity contribution >= 4 is 0 Å². The van der Waals surface area contributed by atoms with Crippen LogP contribution in [0.1, 0.15) is 42.4 Å². The third kappa shape index (κ3) is 2.87. The van der Waals surface area contributed by atoms with E-state index in [4.69, 9.17) is 10.7 Å². The molecule has 0 amide bonds. The van der Waals surface area contributed by atoms with Crippen LogP contribution in [0.2, 0.25) is 0 Å². The Bertz CT molecular complexity index is 567. The van der Waals surface area contributed by atoms with Crippen LogP contribution in [0, 0.1) is 13.8 Å². The Morgan fingerprint density at radius 1 is 1.26 bits per heavy atom. The second-order valence-electron chi connectivity index (χ2n) is 5.46. The molecule has 3 nitrogen and oxygen atoms in total. The predicted octanol–water partition coefficient (Wildman–Crippen LogP) is 3.32. The molecule has 0 saturated carbocycles. The molecule has 0 aliphatic rings. The first-order chi connectivity index (χ1) is 9.02. The third-order valence-corrected chi connectivity index (χ3v) is 3.39. The van der Waals surface area contributed by atoms with E-state index < -0.39 is 0 Å². The Morgan fingerprint density at radius 3 is 2.63 bits per heavy atom. The van der Waals surface area contributed by atoms with Crippen molar-refractivity contribution in [2.75, 3.05) is 6.54 Å². The first-order valence-corrected chi connectivity index (χ1v) is 6.89. The Hall–Kier alpha value is -1.61. The minimum Gasteiger partial charge on any atom is -0.345 e. The van der Waals surface area contributed by atoms with Crippen LogP contribution in [0.3, 0.4) is 0 Å². The Kier molecular flexibility index (Phi) is 4.05. The van der Waals surface area contributed by atoms with Crippen LogP contribution in [0.15, 0.2) is 18.2 Å². The minimum atomic E-state index is 0.399. The topological polar surface area (TPSA) is 54.7 Å². The number of benzene rings is 1. The highest BCUT2D eigenvalue weighted by Crippen LogP contribution is 2.28. The van der Waals surface area contributed by atoms with Crippen molar-refractivity contribution in [3.63, 3.8) is 0 Å². The van der Waals surface area contributed by atoms with Gasteiger partial charge in [-0.05, 0) is 32.0 Å². The number of aryl methyl sites for hydroxylation is 2. The van der Waals surface area contributed by atoms with Gasteiger partial charge in [-0.2, -0.15) is 0 Å². The first-order valence-electron chi connectivity index (χ1n) is 6.89. The summed E-state index contributed by atoms with van der Waals surface area (Å²) in [4.78, 5) is 8.23. The van der Waals surface area contributed by atoms with Crippen LogP contribution in [0.5, 0.6) is 0 Å². The molecule has 2 aromatic rings. The minimum absolute atomic E-state index is 0.399. The number of imidazole rings is 1. The van der Waals surface area contributed by atoms with Crippen molar-refractivity contribution in [3.8, 4) is 11.3 Å². The number of hydrogen-bond donors (Lipinski definition) is 2. The molecule has 19 heavy (non-hydrogen) atoms. The molecule has 102 valence electrons. The zero-order chi connectivity index (χ0) is 14.0. The van der Waals surface area contributed by atoms with Crippen LogP contribution >= 0.6 is 0 Å². The summed E-state index contributed by atoms with van der Waals surface area (Å²) in [5.74, 6) is 1.44. The van der Waals surface area contributed by atoms with E-state index in [2.05, 4.69) is 50.9 Å². The molecule has 1 heterocycles. The summed E-state index contributed by atoms with van der Waals surface area (Å²) < 4.78 is 0. The SMILES string of the molecule is Cc1ccc(C)c(-c2nc(C(C)C)[nH]c2CCN)c1. The van der Waals surface area contributed by atoms with Crippen LogP contribution in [-0.4, -0.2) is 16.5 Å². The summed E-state index contributed by atoms with van der Waals surface area (Å²) in [5, 5.41) is 0. The monoisotopic (exact) mass is 257 g/mol. The fourth-order valence-corrected chi connectivity index (χ4v) is 2.24. The van der Waals surface area contributed by atoms with Gasteiger partial charge < -0.3 is 10.7 Å². The summed E-state index contributed by atoms with van der Waals surface area (Å²) >= 11 is 0. The molecule has 3 N–H and O–H groups in total. The summed E-state index contributed by atoms with van der Waals surface area (Å²) in [5.41, 5.74) is 11.7. The molecule has 3 heteroatoms. The highest BCUT2D eigenvalue weighted by Gasteiger charge is 2.15. The van der Waals surface area contributed by atoms with Gasteiger partial charge in [-0.3, -0.25) is 0 Å². The molecule has 0 bridgehead atoms. The zero-order valence-electron chi connectivity index (χ0n) is 12.2. The molecular formula is C16H23N3. The standard InChI is InChI=1S/C16H23N3/c1-10(2)16-18-14(7-8-17)15(19-16)13-9-11(3)5-6-12(13)4/h5-6,9-10H,7-8,17H2,1-4H3,(H,18,19). The smallest absolute Gasteiger partial charge is 0.109 e. The molecule has 2 rings (SSSR count). The normalized spacial score (nSPS) is 11.3. The van der Waals surface area contributed by atoms with E-state index in [0.717, 1.165) is 23.6 Å². The van der Waals surface area contributed by atoms with E-state index in [-0.39, 0.29) is 0 Å². The molecule has 1 aromatic heterocycles. The molecular weight excluding hydrogens is 234 g/mol. The largest absolute Gasteiger partial charge is 0.345 e. The van der Waals surface area contributed by atoms with Crippen molar-refractivity contribution in [3.05, 3.63) is 40.8 Å². The Morgan fingerprint density at radius 2 is 2.00 bits per heavy atom. The molecule has 0 saturated heterocycles. The number of nitrogens with two attached hydrogens (primary N) is 1. The van der Waals surface area contributed by atoms with Gasteiger partial charge in [0.25, 0.3) is 0 Å². The van der Waals surface area contributed by atoms with Gasteiger partial charge in [-0.25, -0.2) is 4.98 Å². The molecule has 1 aromatic carbocycles. The van der Waals surface area contributed by atoms with E-state index in [0.29, 0.717) is 12.5 Å². The van der Waals surface area contributed by atoms with Gasteiger partial charge in [0.1, 0.15) is 5.82 Å². The predicted molar refractivity (Wildman–Crippen MR) is 80.3 cm³/mol. The average Bonchev–Trinajstić information content (AvgIpc) is 2.77. The lowest BCUT2D eigenvalue weighted by molar-refractivity contribution is 0.786. The molecule has 0 aliphatic carbocycles. The van der Waals surface area contributed by atoms with Crippen molar-refractivity contribution in [2.45, 2.75) is 40.0 Å². The Labute approximate surface area is 115 Å². The lowest BCUT2D eigenvalue weighted by atomic mass is 10.0. The maximum Gasteiger partial charge on any atom is 0.109 e. The van der Waals surface area contributed by atoms with Crippen LogP contribution < -0.4 is 5.73 Å². The first kappa shape index (κ1) is 13.8. The fourth-order valence-electron chi connectivity index (χ4n) is 2.24. The zero-order valence-corrected chi connectivity index (χ0v) is 12.2. The van der Waals surface area contributed by atoms with E-state index >= 15 is 0 Å². The summed E-state index contributed by atoms with van der Waals surface area (Å²) in [6.07, 6.45) is 0.836. The number of aromatic nitrogens is 2. The summed E-state index contributed by atoms with van der Waals surface area (Å²) in [6, 6.07) is 6.49. The number of nitrogens with zero attached hydrogens (tertiary/aromatic N) is 1. The quantitative estimate of drug-likeness (QED) is 0.882. The van der Waals surface area contributed by atoms with Crippen molar-refractivity contribution < 1.29 is 0 Å². The number of aromatic amines is 1. The highest BCUT2D eigenvalue weighted by molar-refractivity contribution is 5.67. The second kappa shape index (κ2) is 5.57. The Balaban J connectivity index is 2.56. The third-order valence-electron chi connectivity index (χ3n) is 3.39. The van der Waals surface area contributed by atoms with Crippen molar-refractivity contribution in [1.29, 1.82) is 0 Å². The molecule has 0 atom stereocenters. The van der Waals surface area contributed by atoms with E-state index in [1.165, 1.54) is 16.7 Å². The maximum atomic E-state index is 5.71. The number of hydrogen-bond acceptors (Lipinski definition) is 2. The van der Waals surface area contributed by atoms with Gasteiger partial charge in [0.2, 0.25) is 0 Å². The van der Waals surface area contributed by atoms with Gasteiger partial charge >= 0.3 is 0 Å². The number of nitrogens with one attached hydrogen (secondary N) is 1. The van der Waals surface area contributed by atoms with E-state index in [1.807, 2.05) is 0 Å². The highest BCUT2D eigenvalue weighted by atomic mass is 14.9. The molecule has 0 fully saturated rings. The summed E-state index contributed by atoms with van der Waals surface area (Å²) in [7, 11) is 0. The van der Waals surface area contributed by atoms with Gasteiger partial charge in [-0.1, -0.05) is 31.5 Å². The van der Waals surface area contributed by atoms with E-state index in [9.17, 15) is 0 Å². The van der Waals surface area contributed by atoms with Gasteiger partial charge in [0, 0.05) is 23.6 Å². The molecule has 0 radical (unpaired) electrons. The maximum absolute atomic E-state index is 5.71. The molecule has 0 unspecified atom stereocenters. The van der Waals surface area contributed by atoms with Gasteiger partial charge in [-0.15, -0.1) is 0 Å². The molecule has 0 aliphatic heterocycles. The second-order valence-corrected chi connectivity index (χ2v) is 5.46. The number of H-pyrrole nitrogens is 1. The van der Waals surface area contributed by atoms with Crippen LogP contribution in [0.25, 0.3) is 11.3 Å². The summed E-state index contributed by atoms with van der Waals surface area (Å²) in [6.45, 7) is 9.18. The van der Waals surface area contributed by atoms with Crippen molar-refractivity contribution in [1.82, 2.24) is 9.97 Å². The lowest BCUT2D eigenvalue weighted by Crippen LogP contribution is -2.04. The van der Waals surface area contributed by atoms with Gasteiger partial charge in [0.15, 0.2) is 0 Å². The van der Waals surface area contributed by atoms with Crippen LogP contribution in [0.4, 0.5) is 0 Å². The van der Waals surface area contributed by atoms with Crippen LogP contribution in [-0.2, 0) is 6.42 Å².